The van der Waals surface area contributed by atoms with Crippen LogP contribution >= 0.6 is 11.6 Å². The predicted molar refractivity (Wildman–Crippen MR) is 114 cm³/mol. The molecule has 148 valence electrons. The van der Waals surface area contributed by atoms with Gasteiger partial charge in [-0.1, -0.05) is 0 Å². The molecule has 7 heteroatoms. The van der Waals surface area contributed by atoms with Gasteiger partial charge in [-0.25, -0.2) is 0 Å². The third-order valence-electron chi connectivity index (χ3n) is 4.58. The van der Waals surface area contributed by atoms with Crippen LogP contribution in [-0.4, -0.2) is 39.9 Å². The normalized spacial score (nSPS) is 11.5. The first-order valence-electron chi connectivity index (χ1n) is 9.19. The number of aryl methyl sites for hydroxylation is 1. The second-order valence-corrected chi connectivity index (χ2v) is 9.55. The van der Waals surface area contributed by atoms with Crippen LogP contribution in [0.4, 0.5) is 4.39 Å². The number of halogens is 2. The summed E-state index contributed by atoms with van der Waals surface area (Å²) in [6.45, 7) is 2.18. The fraction of sp³-hybridized carbons (Fsp3) is 0.333. The Labute approximate surface area is 176 Å². The number of hydrogen-bond acceptors (Lipinski definition) is 4. The fourth-order valence-electron chi connectivity index (χ4n) is 3.23. The number of methoxy groups -OCH3 is 2. The van der Waals surface area contributed by atoms with Crippen LogP contribution in [0.3, 0.4) is 0 Å². The van der Waals surface area contributed by atoms with Gasteiger partial charge in [-0.05, 0) is 0 Å². The average Bonchev–Trinajstić information content (AvgIpc) is 2.70. The van der Waals surface area contributed by atoms with Crippen molar-refractivity contribution >= 4 is 47.1 Å². The number of ether oxygens (including phenoxy) is 2. The molecule has 0 saturated carbocycles. The van der Waals surface area contributed by atoms with E-state index in [0.717, 1.165) is 56.7 Å². The first-order chi connectivity index (χ1) is 13.6. The molecule has 0 N–H and O–H groups in total. The van der Waals surface area contributed by atoms with Crippen molar-refractivity contribution in [3.8, 4) is 11.5 Å². The van der Waals surface area contributed by atoms with Crippen molar-refractivity contribution in [2.75, 3.05) is 14.2 Å². The van der Waals surface area contributed by atoms with Crippen LogP contribution in [0.1, 0.15) is 31.7 Å². The van der Waals surface area contributed by atoms with Gasteiger partial charge in [0.15, 0.2) is 0 Å². The standard InChI is InChI=1S/C21H23AsClFN2O2/c1-4-5-6-7-14-19-17(11-18(27-2)20(14)28-3)25-12-26-21(19)22-13-8-9-16(24)15(23)10-13/h8-12,22H,4-7H2,1-3H3. The zero-order valence-corrected chi connectivity index (χ0v) is 19.0. The van der Waals surface area contributed by atoms with Gasteiger partial charge in [0, 0.05) is 0 Å². The second-order valence-electron chi connectivity index (χ2n) is 6.42. The van der Waals surface area contributed by atoms with Crippen LogP contribution in [-0.2, 0) is 6.42 Å². The molecule has 1 heterocycles. The molecule has 0 spiro atoms. The number of nitrogens with zero attached hydrogens (tertiary/aromatic N) is 2. The van der Waals surface area contributed by atoms with Gasteiger partial charge in [0.1, 0.15) is 0 Å². The van der Waals surface area contributed by atoms with Crippen molar-refractivity contribution in [3.63, 3.8) is 0 Å². The average molecular weight is 465 g/mol. The third kappa shape index (κ3) is 4.42. The molecule has 2 aromatic carbocycles. The van der Waals surface area contributed by atoms with E-state index in [-0.39, 0.29) is 5.02 Å². The van der Waals surface area contributed by atoms with Crippen molar-refractivity contribution in [3.05, 3.63) is 47.0 Å². The summed E-state index contributed by atoms with van der Waals surface area (Å²) < 4.78 is 26.8. The van der Waals surface area contributed by atoms with Crippen molar-refractivity contribution in [1.82, 2.24) is 9.97 Å². The second kappa shape index (κ2) is 9.58. The molecule has 28 heavy (non-hydrogen) atoms. The van der Waals surface area contributed by atoms with Gasteiger partial charge >= 0.3 is 176 Å². The van der Waals surface area contributed by atoms with Gasteiger partial charge in [-0.3, -0.25) is 0 Å². The van der Waals surface area contributed by atoms with E-state index in [9.17, 15) is 4.39 Å². The van der Waals surface area contributed by atoms with Crippen molar-refractivity contribution in [1.29, 1.82) is 0 Å². The number of fused-ring (bicyclic) bond motifs is 1. The molecule has 0 radical (unpaired) electrons. The van der Waals surface area contributed by atoms with Crippen LogP contribution in [0, 0.1) is 5.82 Å². The van der Waals surface area contributed by atoms with Crippen molar-refractivity contribution in [2.45, 2.75) is 32.6 Å². The Kier molecular flexibility index (Phi) is 7.14. The van der Waals surface area contributed by atoms with E-state index in [1.807, 2.05) is 6.07 Å². The molecule has 0 bridgehead atoms. The summed E-state index contributed by atoms with van der Waals surface area (Å²) in [6, 6.07) is 6.79. The van der Waals surface area contributed by atoms with Crippen LogP contribution in [0.5, 0.6) is 11.5 Å². The summed E-state index contributed by atoms with van der Waals surface area (Å²) >= 11 is 5.14. The number of benzene rings is 2. The minimum atomic E-state index is -0.833. The Hall–Kier alpha value is -1.84. The Morgan fingerprint density at radius 2 is 1.93 bits per heavy atom. The molecular weight excluding hydrogens is 442 g/mol. The monoisotopic (exact) mass is 464 g/mol. The Balaban J connectivity index is 2.15. The molecule has 0 saturated heterocycles. The first kappa shape index (κ1) is 20.9. The fourth-order valence-corrected chi connectivity index (χ4v) is 6.08. The van der Waals surface area contributed by atoms with Gasteiger partial charge in [-0.2, -0.15) is 0 Å². The maximum absolute atomic E-state index is 13.5. The van der Waals surface area contributed by atoms with E-state index in [1.165, 1.54) is 6.07 Å². The molecule has 0 aliphatic heterocycles. The van der Waals surface area contributed by atoms with Gasteiger partial charge in [0.25, 0.3) is 0 Å². The van der Waals surface area contributed by atoms with E-state index in [0.29, 0.717) is 5.75 Å². The van der Waals surface area contributed by atoms with E-state index in [2.05, 4.69) is 16.9 Å². The summed E-state index contributed by atoms with van der Waals surface area (Å²) in [6.07, 6.45) is 5.76. The Morgan fingerprint density at radius 1 is 1.11 bits per heavy atom. The number of unbranched alkanes of at least 4 members (excludes halogenated alkanes) is 2. The summed E-state index contributed by atoms with van der Waals surface area (Å²) in [5, 5.41) is 1.17. The van der Waals surface area contributed by atoms with E-state index < -0.39 is 21.6 Å². The van der Waals surface area contributed by atoms with Gasteiger partial charge in [0.2, 0.25) is 0 Å². The molecule has 1 unspecified atom stereocenters. The van der Waals surface area contributed by atoms with Crippen LogP contribution < -0.4 is 18.3 Å². The molecule has 3 aromatic rings. The zero-order chi connectivity index (χ0) is 20.1. The summed E-state index contributed by atoms with van der Waals surface area (Å²) in [5.41, 5.74) is 1.92. The topological polar surface area (TPSA) is 44.2 Å². The van der Waals surface area contributed by atoms with E-state index >= 15 is 0 Å². The Morgan fingerprint density at radius 3 is 2.61 bits per heavy atom. The molecule has 4 nitrogen and oxygen atoms in total. The Bertz CT molecular complexity index is 984. The molecule has 0 aliphatic carbocycles. The number of aromatic nitrogens is 2. The molecular formula is C21H23AsClFN2O2. The molecule has 0 amide bonds. The van der Waals surface area contributed by atoms with Gasteiger partial charge in [0.05, 0.1) is 0 Å². The van der Waals surface area contributed by atoms with Gasteiger partial charge in [-0.15, -0.1) is 0 Å². The molecule has 3 rings (SSSR count). The van der Waals surface area contributed by atoms with E-state index in [1.54, 1.807) is 32.7 Å². The van der Waals surface area contributed by atoms with Crippen LogP contribution in [0.15, 0.2) is 30.6 Å². The molecule has 0 aliphatic rings. The minimum absolute atomic E-state index is 0.141. The van der Waals surface area contributed by atoms with Crippen LogP contribution in [0.25, 0.3) is 10.9 Å². The van der Waals surface area contributed by atoms with E-state index in [4.69, 9.17) is 21.1 Å². The quantitative estimate of drug-likeness (QED) is 0.378. The summed E-state index contributed by atoms with van der Waals surface area (Å²) in [5.74, 6) is 1.01. The van der Waals surface area contributed by atoms with Crippen molar-refractivity contribution in [2.24, 2.45) is 0 Å². The van der Waals surface area contributed by atoms with Gasteiger partial charge < -0.3 is 0 Å². The summed E-state index contributed by atoms with van der Waals surface area (Å²) in [7, 11) is 3.29. The third-order valence-corrected chi connectivity index (χ3v) is 7.42. The molecule has 0 fully saturated rings. The molecule has 1 atom stereocenters. The number of hydrogen-bond donors (Lipinski definition) is 0. The first-order valence-corrected chi connectivity index (χ1v) is 11.7. The molecule has 1 aromatic heterocycles. The van der Waals surface area contributed by atoms with Crippen LogP contribution in [0.2, 0.25) is 5.02 Å². The maximum atomic E-state index is 13.5. The zero-order valence-electron chi connectivity index (χ0n) is 16.2. The van der Waals surface area contributed by atoms with Crippen molar-refractivity contribution < 1.29 is 13.9 Å². The summed E-state index contributed by atoms with van der Waals surface area (Å²) in [4.78, 5) is 9.06. The SMILES string of the molecule is CCCCCc1c(OC)c(OC)cc2ncnc([AsH]c3ccc(F)c(Cl)c3)c12. The predicted octanol–water partition coefficient (Wildman–Crippen LogP) is 3.56. The number of rotatable bonds is 8.